The van der Waals surface area contributed by atoms with Gasteiger partial charge in [0, 0.05) is 5.02 Å². The Kier molecular flexibility index (Phi) is 2.66. The topological polar surface area (TPSA) is 0 Å². The molecule has 0 nitrogen and oxygen atoms in total. The molecule has 0 aliphatic rings. The predicted molar refractivity (Wildman–Crippen MR) is 45.3 cm³/mol. The summed E-state index contributed by atoms with van der Waals surface area (Å²) in [6, 6.07) is 4.37. The van der Waals surface area contributed by atoms with Crippen molar-refractivity contribution in [1.82, 2.24) is 0 Å². The predicted octanol–water partition coefficient (Wildman–Crippen LogP) is 3.21. The first-order valence-corrected chi connectivity index (χ1v) is 3.66. The van der Waals surface area contributed by atoms with E-state index in [2.05, 4.69) is 6.58 Å². The Hall–Kier alpha value is -0.820. The zero-order chi connectivity index (χ0) is 8.27. The summed E-state index contributed by atoms with van der Waals surface area (Å²) in [5.74, 6) is -0.303. The number of rotatable bonds is 2. The van der Waals surface area contributed by atoms with Gasteiger partial charge in [-0.3, -0.25) is 0 Å². The molecule has 0 N–H and O–H groups in total. The second kappa shape index (κ2) is 3.54. The average molecular weight is 171 g/mol. The lowest BCUT2D eigenvalue weighted by atomic mass is 10.1. The van der Waals surface area contributed by atoms with Crippen LogP contribution in [-0.2, 0) is 6.42 Å². The first-order chi connectivity index (χ1) is 5.24. The van der Waals surface area contributed by atoms with E-state index in [-0.39, 0.29) is 5.82 Å². The fourth-order valence-corrected chi connectivity index (χ4v) is 1.09. The van der Waals surface area contributed by atoms with Crippen molar-refractivity contribution >= 4 is 11.6 Å². The Morgan fingerprint density at radius 3 is 2.82 bits per heavy atom. The molecule has 0 radical (unpaired) electrons. The molecule has 0 heterocycles. The molecule has 0 saturated carbocycles. The summed E-state index contributed by atoms with van der Waals surface area (Å²) in [6.45, 7) is 3.57. The summed E-state index contributed by atoms with van der Waals surface area (Å²) < 4.78 is 12.5. The highest BCUT2D eigenvalue weighted by Gasteiger charge is 1.98. The van der Waals surface area contributed by atoms with E-state index >= 15 is 0 Å². The molecule has 58 valence electrons. The van der Waals surface area contributed by atoms with Gasteiger partial charge >= 0.3 is 0 Å². The zero-order valence-electron chi connectivity index (χ0n) is 5.98. The second-order valence-corrected chi connectivity index (χ2v) is 2.64. The van der Waals surface area contributed by atoms with E-state index in [0.29, 0.717) is 11.4 Å². The molecule has 1 aromatic carbocycles. The first-order valence-electron chi connectivity index (χ1n) is 3.29. The minimum atomic E-state index is -0.303. The van der Waals surface area contributed by atoms with Crippen molar-refractivity contribution < 1.29 is 4.39 Å². The van der Waals surface area contributed by atoms with Gasteiger partial charge < -0.3 is 0 Å². The zero-order valence-corrected chi connectivity index (χ0v) is 6.74. The van der Waals surface area contributed by atoms with Crippen LogP contribution in [0.3, 0.4) is 0 Å². The van der Waals surface area contributed by atoms with E-state index < -0.39 is 0 Å². The molecule has 0 bridgehead atoms. The minimum absolute atomic E-state index is 0.303. The van der Waals surface area contributed by atoms with Crippen molar-refractivity contribution in [2.75, 3.05) is 0 Å². The van der Waals surface area contributed by atoms with Crippen molar-refractivity contribution in [2.24, 2.45) is 0 Å². The Balaban J connectivity index is 2.98. The van der Waals surface area contributed by atoms with Gasteiger partial charge in [-0.2, -0.15) is 0 Å². The number of hydrogen-bond acceptors (Lipinski definition) is 0. The highest BCUT2D eigenvalue weighted by Crippen LogP contribution is 2.17. The van der Waals surface area contributed by atoms with Gasteiger partial charge in [-0.05, 0) is 24.1 Å². The highest BCUT2D eigenvalue weighted by atomic mass is 35.5. The van der Waals surface area contributed by atoms with E-state index in [1.807, 2.05) is 0 Å². The monoisotopic (exact) mass is 170 g/mol. The average Bonchev–Trinajstić information content (AvgIpc) is 1.95. The van der Waals surface area contributed by atoms with Gasteiger partial charge in [0.05, 0.1) is 0 Å². The number of halogens is 2. The molecule has 1 aromatic rings. The van der Waals surface area contributed by atoms with Crippen molar-refractivity contribution in [2.45, 2.75) is 6.42 Å². The van der Waals surface area contributed by atoms with E-state index in [4.69, 9.17) is 11.6 Å². The Morgan fingerprint density at radius 1 is 1.55 bits per heavy atom. The Morgan fingerprint density at radius 2 is 2.27 bits per heavy atom. The molecule has 0 saturated heterocycles. The van der Waals surface area contributed by atoms with E-state index in [0.717, 1.165) is 5.56 Å². The van der Waals surface area contributed by atoms with Crippen molar-refractivity contribution in [3.05, 3.63) is 47.3 Å². The largest absolute Gasteiger partial charge is 0.207 e. The van der Waals surface area contributed by atoms with Crippen LogP contribution < -0.4 is 0 Å². The molecule has 0 unspecified atom stereocenters. The number of benzene rings is 1. The molecular formula is C9H8ClF. The lowest BCUT2D eigenvalue weighted by Gasteiger charge is -1.98. The summed E-state index contributed by atoms with van der Waals surface area (Å²) >= 11 is 5.72. The van der Waals surface area contributed by atoms with Crippen molar-refractivity contribution in [1.29, 1.82) is 0 Å². The molecule has 2 heteroatoms. The number of hydrogen-bond donors (Lipinski definition) is 0. The van der Waals surface area contributed by atoms with Gasteiger partial charge in [0.2, 0.25) is 0 Å². The third-order valence-corrected chi connectivity index (χ3v) is 1.73. The number of allylic oxidation sites excluding steroid dienone is 1. The van der Waals surface area contributed by atoms with Gasteiger partial charge in [-0.15, -0.1) is 6.58 Å². The fraction of sp³-hybridized carbons (Fsp3) is 0.111. The molecule has 0 amide bonds. The van der Waals surface area contributed by atoms with Crippen LogP contribution in [0.25, 0.3) is 0 Å². The lowest BCUT2D eigenvalue weighted by Crippen LogP contribution is -1.83. The van der Waals surface area contributed by atoms with E-state index in [9.17, 15) is 4.39 Å². The maximum Gasteiger partial charge on any atom is 0.124 e. The third-order valence-electron chi connectivity index (χ3n) is 1.38. The summed E-state index contributed by atoms with van der Waals surface area (Å²) in [4.78, 5) is 0. The fourth-order valence-electron chi connectivity index (χ4n) is 0.843. The quantitative estimate of drug-likeness (QED) is 0.598. The molecule has 0 aromatic heterocycles. The van der Waals surface area contributed by atoms with Gasteiger partial charge in [-0.1, -0.05) is 23.7 Å². The van der Waals surface area contributed by atoms with Crippen LogP contribution in [-0.4, -0.2) is 0 Å². The molecule has 0 spiro atoms. The van der Waals surface area contributed by atoms with Crippen LogP contribution in [0, 0.1) is 5.82 Å². The first kappa shape index (κ1) is 8.28. The summed E-state index contributed by atoms with van der Waals surface area (Å²) in [6.07, 6.45) is 2.41. The second-order valence-electron chi connectivity index (χ2n) is 2.23. The standard InChI is InChI=1S/C9H8ClF/c1-2-3-7-4-5-8(11)6-9(7)10/h2,4-6H,1,3H2. The van der Waals surface area contributed by atoms with Gasteiger partial charge in [0.25, 0.3) is 0 Å². The van der Waals surface area contributed by atoms with Crippen LogP contribution >= 0.6 is 11.6 Å². The molecular weight excluding hydrogens is 163 g/mol. The molecule has 0 atom stereocenters. The lowest BCUT2D eigenvalue weighted by molar-refractivity contribution is 0.627. The molecule has 11 heavy (non-hydrogen) atoms. The van der Waals surface area contributed by atoms with Gasteiger partial charge in [0.1, 0.15) is 5.82 Å². The summed E-state index contributed by atoms with van der Waals surface area (Å²) in [7, 11) is 0. The third kappa shape index (κ3) is 2.05. The van der Waals surface area contributed by atoms with Gasteiger partial charge in [0.15, 0.2) is 0 Å². The summed E-state index contributed by atoms with van der Waals surface area (Å²) in [5, 5.41) is 0.463. The molecule has 1 rings (SSSR count). The Labute approximate surface area is 70.3 Å². The molecule has 0 fully saturated rings. The Bertz CT molecular complexity index is 268. The van der Waals surface area contributed by atoms with Crippen LogP contribution in [0.2, 0.25) is 5.02 Å². The maximum atomic E-state index is 12.5. The van der Waals surface area contributed by atoms with Crippen molar-refractivity contribution in [3.63, 3.8) is 0 Å². The molecule has 0 aliphatic carbocycles. The normalized spacial score (nSPS) is 9.64. The van der Waals surface area contributed by atoms with Crippen molar-refractivity contribution in [3.8, 4) is 0 Å². The smallest absolute Gasteiger partial charge is 0.124 e. The minimum Gasteiger partial charge on any atom is -0.207 e. The van der Waals surface area contributed by atoms with Crippen LogP contribution in [0.15, 0.2) is 30.9 Å². The van der Waals surface area contributed by atoms with Crippen LogP contribution in [0.1, 0.15) is 5.56 Å². The van der Waals surface area contributed by atoms with Crippen LogP contribution in [0.5, 0.6) is 0 Å². The highest BCUT2D eigenvalue weighted by molar-refractivity contribution is 6.31. The van der Waals surface area contributed by atoms with E-state index in [1.54, 1.807) is 12.1 Å². The molecule has 0 aliphatic heterocycles. The SMILES string of the molecule is C=CCc1ccc(F)cc1Cl. The van der Waals surface area contributed by atoms with Gasteiger partial charge in [-0.25, -0.2) is 4.39 Å². The van der Waals surface area contributed by atoms with Crippen LogP contribution in [0.4, 0.5) is 4.39 Å². The van der Waals surface area contributed by atoms with E-state index in [1.165, 1.54) is 12.1 Å². The summed E-state index contributed by atoms with van der Waals surface area (Å²) in [5.41, 5.74) is 0.906. The maximum absolute atomic E-state index is 12.5.